The highest BCUT2D eigenvalue weighted by atomic mass is 32.2. The van der Waals surface area contributed by atoms with E-state index in [2.05, 4.69) is 15.5 Å². The van der Waals surface area contributed by atoms with Gasteiger partial charge in [0, 0.05) is 6.54 Å². The van der Waals surface area contributed by atoms with E-state index in [9.17, 15) is 13.2 Å². The maximum absolute atomic E-state index is 13.5. The molecule has 1 aliphatic heterocycles. The normalized spacial score (nSPS) is 19.8. The molecule has 1 saturated carbocycles. The zero-order valence-electron chi connectivity index (χ0n) is 22.1. The van der Waals surface area contributed by atoms with Gasteiger partial charge in [-0.3, -0.25) is 0 Å². The molecule has 3 aromatic rings. The third kappa shape index (κ3) is 7.05. The molecular formula is C29H36N4O5S. The minimum atomic E-state index is -3.47. The highest BCUT2D eigenvalue weighted by Gasteiger charge is 2.38. The molecule has 1 aliphatic carbocycles. The van der Waals surface area contributed by atoms with Crippen LogP contribution in [0.5, 0.6) is 0 Å². The fourth-order valence-corrected chi connectivity index (χ4v) is 7.67. The van der Waals surface area contributed by atoms with Crippen LogP contribution >= 0.6 is 0 Å². The molecule has 39 heavy (non-hydrogen) atoms. The molecule has 208 valence electrons. The first-order valence-corrected chi connectivity index (χ1v) is 15.5. The summed E-state index contributed by atoms with van der Waals surface area (Å²) in [4.78, 5) is 17.4. The van der Waals surface area contributed by atoms with E-state index >= 15 is 0 Å². The minimum absolute atomic E-state index is 0.124. The largest absolute Gasteiger partial charge is 0.445 e. The fourth-order valence-electron chi connectivity index (χ4n) is 5.56. The Morgan fingerprint density at radius 3 is 2.41 bits per heavy atom. The Kier molecular flexibility index (Phi) is 8.93. The summed E-state index contributed by atoms with van der Waals surface area (Å²) in [6, 6.07) is 17.5. The second-order valence-electron chi connectivity index (χ2n) is 10.4. The quantitative estimate of drug-likeness (QED) is 0.372. The molecule has 0 radical (unpaired) electrons. The molecule has 1 unspecified atom stereocenters. The molecule has 2 heterocycles. The van der Waals surface area contributed by atoms with Crippen LogP contribution in [0.25, 0.3) is 0 Å². The molecule has 2 aliphatic rings. The van der Waals surface area contributed by atoms with Crippen LogP contribution in [-0.4, -0.2) is 41.3 Å². The lowest BCUT2D eigenvalue weighted by Crippen LogP contribution is -2.41. The summed E-state index contributed by atoms with van der Waals surface area (Å²) < 4.78 is 39.7. The molecule has 5 rings (SSSR count). The summed E-state index contributed by atoms with van der Waals surface area (Å²) >= 11 is 0. The lowest BCUT2D eigenvalue weighted by atomic mass is 9.91. The number of rotatable bonds is 9. The van der Waals surface area contributed by atoms with Crippen molar-refractivity contribution in [1.82, 2.24) is 19.8 Å². The van der Waals surface area contributed by atoms with Crippen LogP contribution in [0.4, 0.5) is 4.79 Å². The number of nitrogens with one attached hydrogen (secondary N) is 1. The van der Waals surface area contributed by atoms with E-state index in [0.717, 1.165) is 49.7 Å². The average molecular weight is 553 g/mol. The Morgan fingerprint density at radius 2 is 1.67 bits per heavy atom. The van der Waals surface area contributed by atoms with Crippen molar-refractivity contribution in [3.05, 3.63) is 83.5 Å². The molecule has 2 aromatic carbocycles. The smallest absolute Gasteiger partial charge is 0.408 e. The Bertz CT molecular complexity index is 1310. The number of aromatic nitrogens is 2. The third-order valence-electron chi connectivity index (χ3n) is 7.59. The maximum atomic E-state index is 13.5. The van der Waals surface area contributed by atoms with E-state index in [1.54, 1.807) is 4.31 Å². The first kappa shape index (κ1) is 27.3. The van der Waals surface area contributed by atoms with E-state index in [1.165, 1.54) is 6.42 Å². The average Bonchev–Trinajstić information content (AvgIpc) is 3.46. The standard InChI is InChI=1S/C29H36N4O5S/c34-29(37-20-22-12-4-1-5-13-22)30-26(24-16-8-3-9-17-24)28-31-27(32-38-28)25-18-10-11-19-33(25)39(35,36)21-23-14-6-2-7-15-23/h1,3-5,8-9,12-13,16-17,23,25-26H,2,6-7,10-11,14-15,18-21H2,(H,30,34)/t25-,26?/m0/s1. The topological polar surface area (TPSA) is 115 Å². The molecule has 2 atom stereocenters. The van der Waals surface area contributed by atoms with Gasteiger partial charge in [0.25, 0.3) is 5.89 Å². The predicted molar refractivity (Wildman–Crippen MR) is 146 cm³/mol. The molecule has 1 saturated heterocycles. The number of ether oxygens (including phenoxy) is 1. The summed E-state index contributed by atoms with van der Waals surface area (Å²) in [7, 11) is -3.47. The highest BCUT2D eigenvalue weighted by molar-refractivity contribution is 7.89. The van der Waals surface area contributed by atoms with Crippen LogP contribution in [0, 0.1) is 5.92 Å². The monoisotopic (exact) mass is 552 g/mol. The Labute approximate surface area is 230 Å². The number of amides is 1. The van der Waals surface area contributed by atoms with E-state index in [4.69, 9.17) is 9.26 Å². The molecule has 0 spiro atoms. The number of nitrogens with zero attached hydrogens (tertiary/aromatic N) is 3. The maximum Gasteiger partial charge on any atom is 0.408 e. The van der Waals surface area contributed by atoms with Crippen molar-refractivity contribution in [3.63, 3.8) is 0 Å². The summed E-state index contributed by atoms with van der Waals surface area (Å²) in [6.45, 7) is 0.578. The summed E-state index contributed by atoms with van der Waals surface area (Å²) in [6.07, 6.45) is 7.02. The van der Waals surface area contributed by atoms with Gasteiger partial charge in [-0.15, -0.1) is 0 Å². The van der Waals surface area contributed by atoms with Gasteiger partial charge in [-0.2, -0.15) is 9.29 Å². The number of alkyl carbamates (subject to hydrolysis) is 1. The minimum Gasteiger partial charge on any atom is -0.445 e. The van der Waals surface area contributed by atoms with Gasteiger partial charge < -0.3 is 14.6 Å². The zero-order chi connectivity index (χ0) is 27.1. The molecule has 0 bridgehead atoms. The van der Waals surface area contributed by atoms with Gasteiger partial charge in [-0.05, 0) is 42.7 Å². The van der Waals surface area contributed by atoms with E-state index in [1.807, 2.05) is 60.7 Å². The highest BCUT2D eigenvalue weighted by Crippen LogP contribution is 2.35. The van der Waals surface area contributed by atoms with E-state index in [0.29, 0.717) is 18.8 Å². The second kappa shape index (κ2) is 12.7. The van der Waals surface area contributed by atoms with Crippen molar-refractivity contribution < 1.29 is 22.5 Å². The number of carbonyl (C=O) groups is 1. The van der Waals surface area contributed by atoms with Crippen molar-refractivity contribution in [2.45, 2.75) is 70.1 Å². The lowest BCUT2D eigenvalue weighted by Gasteiger charge is -2.34. The SMILES string of the molecule is O=C(NC(c1ccccc1)c1nc([C@@H]2CCCCN2S(=O)(=O)CC2CCCCC2)no1)OCc1ccccc1. The zero-order valence-corrected chi connectivity index (χ0v) is 22.9. The second-order valence-corrected chi connectivity index (χ2v) is 12.4. The molecular weight excluding hydrogens is 516 g/mol. The van der Waals surface area contributed by atoms with Gasteiger partial charge in [0.1, 0.15) is 12.6 Å². The fraction of sp³-hybridized carbons (Fsp3) is 0.483. The van der Waals surface area contributed by atoms with Crippen LogP contribution < -0.4 is 5.32 Å². The van der Waals surface area contributed by atoms with Gasteiger partial charge in [0.2, 0.25) is 10.0 Å². The Hall–Kier alpha value is -3.24. The van der Waals surface area contributed by atoms with Crippen molar-refractivity contribution in [3.8, 4) is 0 Å². The molecule has 1 aromatic heterocycles. The molecule has 2 fully saturated rings. The number of sulfonamides is 1. The number of benzene rings is 2. The van der Waals surface area contributed by atoms with Crippen molar-refractivity contribution in [2.24, 2.45) is 5.92 Å². The molecule has 9 nitrogen and oxygen atoms in total. The third-order valence-corrected chi connectivity index (χ3v) is 9.64. The first-order chi connectivity index (χ1) is 19.0. The van der Waals surface area contributed by atoms with Crippen LogP contribution in [0.1, 0.15) is 86.3 Å². The molecule has 10 heteroatoms. The predicted octanol–water partition coefficient (Wildman–Crippen LogP) is 5.52. The van der Waals surface area contributed by atoms with Crippen molar-refractivity contribution >= 4 is 16.1 Å². The van der Waals surface area contributed by atoms with Crippen LogP contribution in [0.3, 0.4) is 0 Å². The van der Waals surface area contributed by atoms with Gasteiger partial charge in [0.05, 0.1) is 11.8 Å². The van der Waals surface area contributed by atoms with Gasteiger partial charge >= 0.3 is 6.09 Å². The summed E-state index contributed by atoms with van der Waals surface area (Å²) in [5, 5.41) is 7.06. The van der Waals surface area contributed by atoms with Crippen LogP contribution in [0.15, 0.2) is 65.2 Å². The number of hydrogen-bond acceptors (Lipinski definition) is 7. The molecule has 1 amide bonds. The van der Waals surface area contributed by atoms with E-state index in [-0.39, 0.29) is 24.2 Å². The Morgan fingerprint density at radius 1 is 0.974 bits per heavy atom. The van der Waals surface area contributed by atoms with Gasteiger partial charge in [-0.25, -0.2) is 13.2 Å². The summed E-state index contributed by atoms with van der Waals surface area (Å²) in [5.74, 6) is 0.899. The number of piperidine rings is 1. The lowest BCUT2D eigenvalue weighted by molar-refractivity contribution is 0.135. The van der Waals surface area contributed by atoms with Gasteiger partial charge in [0.15, 0.2) is 5.82 Å². The number of hydrogen-bond donors (Lipinski definition) is 1. The Balaban J connectivity index is 1.33. The number of carbonyl (C=O) groups excluding carboxylic acids is 1. The van der Waals surface area contributed by atoms with Crippen LogP contribution in [-0.2, 0) is 21.4 Å². The first-order valence-electron chi connectivity index (χ1n) is 13.8. The van der Waals surface area contributed by atoms with Crippen LogP contribution in [0.2, 0.25) is 0 Å². The summed E-state index contributed by atoms with van der Waals surface area (Å²) in [5.41, 5.74) is 1.62. The van der Waals surface area contributed by atoms with Gasteiger partial charge in [-0.1, -0.05) is 91.5 Å². The molecule has 1 N–H and O–H groups in total. The van der Waals surface area contributed by atoms with Crippen molar-refractivity contribution in [1.29, 1.82) is 0 Å². The van der Waals surface area contributed by atoms with Crippen molar-refractivity contribution in [2.75, 3.05) is 12.3 Å². The van der Waals surface area contributed by atoms with E-state index < -0.39 is 28.2 Å².